The van der Waals surface area contributed by atoms with Gasteiger partial charge < -0.3 is 15.8 Å². The highest BCUT2D eigenvalue weighted by atomic mass is 16.5. The molecule has 138 valence electrons. The minimum absolute atomic E-state index is 0.338. The van der Waals surface area contributed by atoms with Crippen LogP contribution in [-0.4, -0.2) is 10.9 Å². The van der Waals surface area contributed by atoms with E-state index < -0.39 is 0 Å². The summed E-state index contributed by atoms with van der Waals surface area (Å²) in [7, 11) is 0. The maximum absolute atomic E-state index is 6.08. The highest BCUT2D eigenvalue weighted by molar-refractivity contribution is 5.92. The minimum atomic E-state index is 0.338. The summed E-state index contributed by atoms with van der Waals surface area (Å²) < 4.78 is 5.85. The zero-order valence-corrected chi connectivity index (χ0v) is 15.2. The topological polar surface area (TPSA) is 72.5 Å². The fraction of sp³-hybridized carbons (Fsp3) is 0.0435. The molecular formula is C23H20N4O. The van der Waals surface area contributed by atoms with Gasteiger partial charge in [0.25, 0.3) is 0 Å². The van der Waals surface area contributed by atoms with E-state index in [0.29, 0.717) is 12.5 Å². The lowest BCUT2D eigenvalue weighted by Gasteiger charge is -2.09. The highest BCUT2D eigenvalue weighted by Gasteiger charge is 2.03. The third kappa shape index (κ3) is 4.27. The number of benzene rings is 3. The standard InChI is InChI=1S/C23H20N4O/c24-23(26-16-18-8-4-7-17-9-6-14-25-22(17)18)27-19-10-5-13-21(15-19)28-20-11-2-1-3-12-20/h1-15H,16H2,(H3,24,26,27). The fourth-order valence-corrected chi connectivity index (χ4v) is 2.91. The first kappa shape index (κ1) is 17.5. The van der Waals surface area contributed by atoms with E-state index in [1.165, 1.54) is 0 Å². The van der Waals surface area contributed by atoms with Gasteiger partial charge in [0.15, 0.2) is 5.96 Å². The number of pyridine rings is 1. The van der Waals surface area contributed by atoms with Crippen LogP contribution in [0.2, 0.25) is 0 Å². The van der Waals surface area contributed by atoms with Crippen molar-refractivity contribution in [2.45, 2.75) is 6.54 Å². The number of nitrogens with one attached hydrogen (secondary N) is 1. The van der Waals surface area contributed by atoms with Crippen molar-refractivity contribution in [2.24, 2.45) is 10.7 Å². The zero-order chi connectivity index (χ0) is 19.2. The second kappa shape index (κ2) is 8.22. The lowest BCUT2D eigenvalue weighted by atomic mass is 10.1. The number of anilines is 1. The molecule has 28 heavy (non-hydrogen) atoms. The molecule has 0 amide bonds. The van der Waals surface area contributed by atoms with E-state index in [9.17, 15) is 0 Å². The molecule has 0 aliphatic heterocycles. The monoisotopic (exact) mass is 368 g/mol. The first-order valence-corrected chi connectivity index (χ1v) is 9.00. The van der Waals surface area contributed by atoms with E-state index in [-0.39, 0.29) is 0 Å². The van der Waals surface area contributed by atoms with Crippen LogP contribution in [0.25, 0.3) is 10.9 Å². The molecule has 4 rings (SSSR count). The number of nitrogens with zero attached hydrogens (tertiary/aromatic N) is 2. The van der Waals surface area contributed by atoms with Crippen LogP contribution in [0.15, 0.2) is 96.1 Å². The van der Waals surface area contributed by atoms with Crippen LogP contribution in [0, 0.1) is 0 Å². The minimum Gasteiger partial charge on any atom is -0.457 e. The largest absolute Gasteiger partial charge is 0.457 e. The van der Waals surface area contributed by atoms with Crippen LogP contribution in [0.4, 0.5) is 5.69 Å². The molecule has 0 saturated carbocycles. The SMILES string of the molecule is NC(=NCc1cccc2cccnc12)Nc1cccc(Oc2ccccc2)c1. The molecule has 0 aliphatic carbocycles. The molecule has 3 N–H and O–H groups in total. The smallest absolute Gasteiger partial charge is 0.193 e. The van der Waals surface area contributed by atoms with Crippen LogP contribution < -0.4 is 15.8 Å². The van der Waals surface area contributed by atoms with Gasteiger partial charge in [-0.25, -0.2) is 4.99 Å². The Hall–Kier alpha value is -3.86. The number of para-hydroxylation sites is 2. The summed E-state index contributed by atoms with van der Waals surface area (Å²) in [4.78, 5) is 8.90. The summed E-state index contributed by atoms with van der Waals surface area (Å²) in [6.45, 7) is 0.452. The molecule has 0 bridgehead atoms. The van der Waals surface area contributed by atoms with Crippen molar-refractivity contribution in [3.8, 4) is 11.5 Å². The van der Waals surface area contributed by atoms with Crippen molar-refractivity contribution in [1.82, 2.24) is 4.98 Å². The third-order valence-electron chi connectivity index (χ3n) is 4.22. The molecule has 0 unspecified atom stereocenters. The molecule has 0 atom stereocenters. The van der Waals surface area contributed by atoms with Gasteiger partial charge in [0.05, 0.1) is 12.1 Å². The quantitative estimate of drug-likeness (QED) is 0.386. The Labute approximate surface area is 163 Å². The van der Waals surface area contributed by atoms with Crippen molar-refractivity contribution >= 4 is 22.5 Å². The molecule has 5 nitrogen and oxygen atoms in total. The molecule has 3 aromatic carbocycles. The number of hydrogen-bond donors (Lipinski definition) is 2. The summed E-state index contributed by atoms with van der Waals surface area (Å²) in [5, 5.41) is 4.20. The molecule has 5 heteroatoms. The predicted octanol–water partition coefficient (Wildman–Crippen LogP) is 4.95. The van der Waals surface area contributed by atoms with Gasteiger partial charge in [0.2, 0.25) is 0 Å². The second-order valence-electron chi connectivity index (χ2n) is 6.26. The van der Waals surface area contributed by atoms with Crippen molar-refractivity contribution in [3.63, 3.8) is 0 Å². The summed E-state index contributed by atoms with van der Waals surface area (Å²) in [5.41, 5.74) is 8.86. The van der Waals surface area contributed by atoms with Gasteiger partial charge in [0, 0.05) is 23.3 Å². The highest BCUT2D eigenvalue weighted by Crippen LogP contribution is 2.23. The Morgan fingerprint density at radius 2 is 1.68 bits per heavy atom. The summed E-state index contributed by atoms with van der Waals surface area (Å²) >= 11 is 0. The molecular weight excluding hydrogens is 348 g/mol. The number of fused-ring (bicyclic) bond motifs is 1. The Kier molecular flexibility index (Phi) is 5.15. The lowest BCUT2D eigenvalue weighted by Crippen LogP contribution is -2.22. The van der Waals surface area contributed by atoms with Crippen LogP contribution in [0.1, 0.15) is 5.56 Å². The summed E-state index contributed by atoms with van der Waals surface area (Å²) in [5.74, 6) is 1.84. The molecule has 0 saturated heterocycles. The summed E-state index contributed by atoms with van der Waals surface area (Å²) in [6.07, 6.45) is 1.79. The molecule has 0 spiro atoms. The average molecular weight is 368 g/mol. The fourth-order valence-electron chi connectivity index (χ4n) is 2.91. The number of aromatic nitrogens is 1. The lowest BCUT2D eigenvalue weighted by molar-refractivity contribution is 0.483. The average Bonchev–Trinajstić information content (AvgIpc) is 2.73. The molecule has 0 radical (unpaired) electrons. The number of aliphatic imine (C=N–C) groups is 1. The molecule has 1 aromatic heterocycles. The van der Waals surface area contributed by atoms with Gasteiger partial charge in [-0.15, -0.1) is 0 Å². The van der Waals surface area contributed by atoms with Gasteiger partial charge in [-0.05, 0) is 35.9 Å². The van der Waals surface area contributed by atoms with Crippen molar-refractivity contribution in [2.75, 3.05) is 5.32 Å². The zero-order valence-electron chi connectivity index (χ0n) is 15.2. The van der Waals surface area contributed by atoms with Crippen molar-refractivity contribution < 1.29 is 4.74 Å². The first-order valence-electron chi connectivity index (χ1n) is 9.00. The summed E-state index contributed by atoms with van der Waals surface area (Å²) in [6, 6.07) is 27.3. The van der Waals surface area contributed by atoms with E-state index in [1.807, 2.05) is 84.9 Å². The Bertz CT molecular complexity index is 1100. The Balaban J connectivity index is 1.46. The van der Waals surface area contributed by atoms with Crippen molar-refractivity contribution in [3.05, 3.63) is 96.7 Å². The molecule has 4 aromatic rings. The van der Waals surface area contributed by atoms with Crippen LogP contribution in [0.5, 0.6) is 11.5 Å². The molecule has 0 fully saturated rings. The molecule has 1 heterocycles. The third-order valence-corrected chi connectivity index (χ3v) is 4.22. The number of guanidine groups is 1. The van der Waals surface area contributed by atoms with E-state index in [4.69, 9.17) is 10.5 Å². The van der Waals surface area contributed by atoms with E-state index in [1.54, 1.807) is 6.20 Å². The predicted molar refractivity (Wildman–Crippen MR) is 114 cm³/mol. The van der Waals surface area contributed by atoms with Gasteiger partial charge in [-0.3, -0.25) is 4.98 Å². The maximum atomic E-state index is 6.08. The normalized spacial score (nSPS) is 11.4. The maximum Gasteiger partial charge on any atom is 0.193 e. The Morgan fingerprint density at radius 3 is 2.57 bits per heavy atom. The molecule has 0 aliphatic rings. The van der Waals surface area contributed by atoms with E-state index >= 15 is 0 Å². The van der Waals surface area contributed by atoms with Gasteiger partial charge in [-0.2, -0.15) is 0 Å². The van der Waals surface area contributed by atoms with Gasteiger partial charge >= 0.3 is 0 Å². The van der Waals surface area contributed by atoms with Crippen molar-refractivity contribution in [1.29, 1.82) is 0 Å². The number of nitrogens with two attached hydrogens (primary N) is 1. The van der Waals surface area contributed by atoms with E-state index in [2.05, 4.69) is 15.3 Å². The van der Waals surface area contributed by atoms with Crippen LogP contribution >= 0.6 is 0 Å². The number of ether oxygens (including phenoxy) is 1. The Morgan fingerprint density at radius 1 is 0.893 bits per heavy atom. The van der Waals surface area contributed by atoms with E-state index in [0.717, 1.165) is 33.7 Å². The van der Waals surface area contributed by atoms with Crippen LogP contribution in [0.3, 0.4) is 0 Å². The van der Waals surface area contributed by atoms with Gasteiger partial charge in [-0.1, -0.05) is 48.5 Å². The van der Waals surface area contributed by atoms with Gasteiger partial charge in [0.1, 0.15) is 11.5 Å². The number of rotatable bonds is 5. The number of hydrogen-bond acceptors (Lipinski definition) is 3. The van der Waals surface area contributed by atoms with Crippen LogP contribution in [-0.2, 0) is 6.54 Å². The second-order valence-corrected chi connectivity index (χ2v) is 6.26. The first-order chi connectivity index (χ1) is 13.8.